The van der Waals surface area contributed by atoms with Crippen molar-refractivity contribution in [1.82, 2.24) is 19.1 Å². The number of hydrogen-bond donors (Lipinski definition) is 2. The van der Waals surface area contributed by atoms with Crippen LogP contribution in [0.15, 0.2) is 60.7 Å². The van der Waals surface area contributed by atoms with Gasteiger partial charge < -0.3 is 23.8 Å². The van der Waals surface area contributed by atoms with E-state index in [2.05, 4.69) is 48.2 Å². The smallest absolute Gasteiger partial charge is 0.512 e. The molecule has 0 amide bonds. The summed E-state index contributed by atoms with van der Waals surface area (Å²) in [7, 11) is 0.223. The fraction of sp³-hybridized carbons (Fsp3) is 0.231. The molecule has 8 heteroatoms. The lowest BCUT2D eigenvalue weighted by Gasteiger charge is -2.12. The van der Waals surface area contributed by atoms with Gasteiger partial charge in [-0.05, 0) is 60.9 Å². The highest BCUT2D eigenvalue weighted by Gasteiger charge is 2.17. The Hall–Kier alpha value is -3.62. The summed E-state index contributed by atoms with van der Waals surface area (Å²) in [6.07, 6.45) is 1.88. The number of rotatable bonds is 7. The molecule has 5 rings (SSSR count). The predicted octanol–water partition coefficient (Wildman–Crippen LogP) is 4.25. The zero-order valence-electron chi connectivity index (χ0n) is 19.6. The molecule has 0 aliphatic carbocycles. The number of fused-ring (bicyclic) bond motifs is 2. The Morgan fingerprint density at radius 1 is 0.971 bits per heavy atom. The summed E-state index contributed by atoms with van der Waals surface area (Å²) in [6.45, 7) is 4.92. The van der Waals surface area contributed by atoms with E-state index in [1.54, 1.807) is 12.1 Å². The van der Waals surface area contributed by atoms with Gasteiger partial charge in [-0.1, -0.05) is 31.2 Å². The number of hydrogen-bond acceptors (Lipinski definition) is 5. The molecule has 0 fully saturated rings. The van der Waals surface area contributed by atoms with Crippen molar-refractivity contribution < 1.29 is 14.7 Å². The van der Waals surface area contributed by atoms with Crippen LogP contribution in [-0.2, 0) is 20.0 Å². The molecule has 0 aliphatic heterocycles. The fourth-order valence-electron chi connectivity index (χ4n) is 4.54. The lowest BCUT2D eigenvalue weighted by Crippen LogP contribution is -2.20. The second kappa shape index (κ2) is 8.97. The molecule has 7 nitrogen and oxygen atoms in total. The van der Waals surface area contributed by atoms with E-state index < -0.39 is 7.32 Å². The van der Waals surface area contributed by atoms with Gasteiger partial charge in [0.1, 0.15) is 17.4 Å². The molecule has 2 N–H and O–H groups in total. The number of nitrogens with zero attached hydrogens (tertiary/aromatic N) is 4. The minimum Gasteiger partial charge on any atom is -0.512 e. The van der Waals surface area contributed by atoms with Crippen molar-refractivity contribution in [3.05, 3.63) is 77.6 Å². The first-order valence-corrected chi connectivity index (χ1v) is 11.5. The molecule has 0 atom stereocenters. The van der Waals surface area contributed by atoms with Gasteiger partial charge in [-0.25, -0.2) is 9.97 Å². The van der Waals surface area contributed by atoms with Crippen LogP contribution in [0, 0.1) is 6.92 Å². The van der Waals surface area contributed by atoms with E-state index in [-0.39, 0.29) is 0 Å². The highest BCUT2D eigenvalue weighted by atomic mass is 16.6. The van der Waals surface area contributed by atoms with Crippen molar-refractivity contribution in [2.24, 2.45) is 7.05 Å². The fourth-order valence-corrected chi connectivity index (χ4v) is 4.54. The van der Waals surface area contributed by atoms with Crippen LogP contribution in [0.1, 0.15) is 30.3 Å². The molecule has 2 aromatic heterocycles. The molecule has 0 unspecified atom stereocenters. The van der Waals surface area contributed by atoms with Crippen molar-refractivity contribution in [2.45, 2.75) is 33.2 Å². The number of benzene rings is 3. The SMILES string of the molecule is CCCc1nc2c(C)cc(-c3nc4ccccc4n3C)cc2n1Cc1ccc(OB(O)O)cc1. The van der Waals surface area contributed by atoms with Crippen LogP contribution in [0.2, 0.25) is 0 Å². The summed E-state index contributed by atoms with van der Waals surface area (Å²) in [5, 5.41) is 18.0. The Kier molecular flexibility index (Phi) is 5.85. The number of aromatic nitrogens is 4. The summed E-state index contributed by atoms with van der Waals surface area (Å²) < 4.78 is 9.35. The molecular formula is C26H27BN4O3. The second-order valence-corrected chi connectivity index (χ2v) is 8.60. The Labute approximate surface area is 198 Å². The second-order valence-electron chi connectivity index (χ2n) is 8.60. The summed E-state index contributed by atoms with van der Waals surface area (Å²) >= 11 is 0. The minimum atomic E-state index is -1.83. The first-order valence-electron chi connectivity index (χ1n) is 11.5. The van der Waals surface area contributed by atoms with E-state index in [1.165, 1.54) is 0 Å². The van der Waals surface area contributed by atoms with Crippen molar-refractivity contribution >= 4 is 29.4 Å². The maximum absolute atomic E-state index is 9.02. The average molecular weight is 454 g/mol. The van der Waals surface area contributed by atoms with Crippen molar-refractivity contribution in [2.75, 3.05) is 0 Å². The Morgan fingerprint density at radius 3 is 2.44 bits per heavy atom. The van der Waals surface area contributed by atoms with Gasteiger partial charge in [-0.15, -0.1) is 0 Å². The van der Waals surface area contributed by atoms with E-state index >= 15 is 0 Å². The molecule has 5 aromatic rings. The average Bonchev–Trinajstić information content (AvgIpc) is 3.33. The van der Waals surface area contributed by atoms with Gasteiger partial charge >= 0.3 is 7.32 Å². The highest BCUT2D eigenvalue weighted by molar-refractivity contribution is 6.33. The van der Waals surface area contributed by atoms with Crippen LogP contribution in [0.5, 0.6) is 5.75 Å². The minimum absolute atomic E-state index is 0.406. The van der Waals surface area contributed by atoms with Crippen molar-refractivity contribution in [3.8, 4) is 17.1 Å². The maximum atomic E-state index is 9.02. The molecule has 172 valence electrons. The Morgan fingerprint density at radius 2 is 1.74 bits per heavy atom. The summed E-state index contributed by atoms with van der Waals surface area (Å²) in [5.74, 6) is 2.39. The van der Waals surface area contributed by atoms with E-state index in [1.807, 2.05) is 30.3 Å². The quantitative estimate of drug-likeness (QED) is 0.359. The molecule has 0 aliphatic rings. The first kappa shape index (κ1) is 22.2. The number of aryl methyl sites for hydroxylation is 3. The molecule has 0 saturated heterocycles. The summed E-state index contributed by atoms with van der Waals surface area (Å²) in [4.78, 5) is 9.90. The molecule has 0 radical (unpaired) electrons. The van der Waals surface area contributed by atoms with Crippen LogP contribution < -0.4 is 4.65 Å². The molecule has 3 aromatic carbocycles. The number of para-hydroxylation sites is 2. The molecular weight excluding hydrogens is 427 g/mol. The van der Waals surface area contributed by atoms with Crippen LogP contribution in [0.4, 0.5) is 0 Å². The molecule has 2 heterocycles. The van der Waals surface area contributed by atoms with Gasteiger partial charge in [0.25, 0.3) is 0 Å². The van der Waals surface area contributed by atoms with Crippen LogP contribution in [0.25, 0.3) is 33.5 Å². The maximum Gasteiger partial charge on any atom is 0.707 e. The zero-order chi connectivity index (χ0) is 23.8. The Bertz CT molecular complexity index is 1470. The van der Waals surface area contributed by atoms with Gasteiger partial charge in [0.2, 0.25) is 0 Å². The Balaban J connectivity index is 1.61. The largest absolute Gasteiger partial charge is 0.707 e. The normalized spacial score (nSPS) is 11.4. The van der Waals surface area contributed by atoms with Crippen molar-refractivity contribution in [3.63, 3.8) is 0 Å². The van der Waals surface area contributed by atoms with Gasteiger partial charge in [-0.3, -0.25) is 0 Å². The topological polar surface area (TPSA) is 85.3 Å². The van der Waals surface area contributed by atoms with E-state index in [0.29, 0.717) is 12.3 Å². The van der Waals surface area contributed by atoms with E-state index in [9.17, 15) is 0 Å². The molecule has 0 bridgehead atoms. The third-order valence-electron chi connectivity index (χ3n) is 6.15. The molecule has 34 heavy (non-hydrogen) atoms. The van der Waals surface area contributed by atoms with E-state index in [4.69, 9.17) is 24.7 Å². The van der Waals surface area contributed by atoms with Gasteiger partial charge in [0.05, 0.1) is 22.1 Å². The standard InChI is InChI=1S/C26H27BN4O3/c1-4-7-24-29-25-17(2)14-19(26-28-21-8-5-6-9-22(21)30(26)3)15-23(25)31(24)16-18-10-12-20(13-11-18)34-27(32)33/h5-6,8-15,32-33H,4,7,16H2,1-3H3. The lowest BCUT2D eigenvalue weighted by atomic mass is 10.1. The van der Waals surface area contributed by atoms with Crippen LogP contribution in [-0.4, -0.2) is 36.5 Å². The van der Waals surface area contributed by atoms with Crippen LogP contribution >= 0.6 is 0 Å². The number of imidazole rings is 2. The first-order chi connectivity index (χ1) is 16.4. The van der Waals surface area contributed by atoms with E-state index in [0.717, 1.165) is 63.2 Å². The summed E-state index contributed by atoms with van der Waals surface area (Å²) in [5.41, 5.74) is 7.43. The third-order valence-corrected chi connectivity index (χ3v) is 6.15. The zero-order valence-corrected chi connectivity index (χ0v) is 19.6. The van der Waals surface area contributed by atoms with Crippen molar-refractivity contribution in [1.29, 1.82) is 0 Å². The predicted molar refractivity (Wildman–Crippen MR) is 135 cm³/mol. The lowest BCUT2D eigenvalue weighted by molar-refractivity contribution is 0.288. The van der Waals surface area contributed by atoms with Gasteiger partial charge in [0, 0.05) is 25.6 Å². The monoisotopic (exact) mass is 454 g/mol. The van der Waals surface area contributed by atoms with Crippen LogP contribution in [0.3, 0.4) is 0 Å². The third kappa shape index (κ3) is 4.06. The summed E-state index contributed by atoms with van der Waals surface area (Å²) in [6, 6.07) is 19.9. The molecule has 0 spiro atoms. The van der Waals surface area contributed by atoms with Gasteiger partial charge in [0.15, 0.2) is 0 Å². The highest BCUT2D eigenvalue weighted by Crippen LogP contribution is 2.30. The van der Waals surface area contributed by atoms with Gasteiger partial charge in [-0.2, -0.15) is 0 Å². The molecule has 0 saturated carbocycles.